The summed E-state index contributed by atoms with van der Waals surface area (Å²) in [5.41, 5.74) is 0. The number of carbonyl (C=O) groups is 3. The Labute approximate surface area is 501 Å². The highest BCUT2D eigenvalue weighted by Gasteiger charge is 2.19. The van der Waals surface area contributed by atoms with Gasteiger partial charge in [-0.1, -0.05) is 290 Å². The second-order valence-electron chi connectivity index (χ2n) is 22.3. The van der Waals surface area contributed by atoms with E-state index in [0.29, 0.717) is 19.3 Å². The lowest BCUT2D eigenvalue weighted by Crippen LogP contribution is -2.30. The van der Waals surface area contributed by atoms with Crippen LogP contribution in [-0.2, 0) is 28.6 Å². The summed E-state index contributed by atoms with van der Waals surface area (Å²) in [5.74, 6) is -0.898. The minimum Gasteiger partial charge on any atom is -0.462 e. The minimum atomic E-state index is -0.788. The van der Waals surface area contributed by atoms with Crippen LogP contribution in [0, 0.1) is 0 Å². The van der Waals surface area contributed by atoms with Gasteiger partial charge in [0.25, 0.3) is 0 Å². The molecule has 81 heavy (non-hydrogen) atoms. The Hall–Kier alpha value is -4.19. The smallest absolute Gasteiger partial charge is 0.306 e. The van der Waals surface area contributed by atoms with Gasteiger partial charge >= 0.3 is 17.9 Å². The summed E-state index contributed by atoms with van der Waals surface area (Å²) in [4.78, 5) is 38.3. The summed E-state index contributed by atoms with van der Waals surface area (Å²) in [6.07, 6.45) is 95.0. The average Bonchev–Trinajstić information content (AvgIpc) is 3.47. The molecule has 0 rings (SSSR count). The van der Waals surface area contributed by atoms with Gasteiger partial charge in [0.1, 0.15) is 13.2 Å². The van der Waals surface area contributed by atoms with Crippen LogP contribution >= 0.6 is 0 Å². The molecule has 0 bridgehead atoms. The van der Waals surface area contributed by atoms with E-state index < -0.39 is 6.10 Å². The molecular weight excluding hydrogens is 997 g/mol. The van der Waals surface area contributed by atoms with Gasteiger partial charge in [0.2, 0.25) is 0 Å². The van der Waals surface area contributed by atoms with Crippen LogP contribution in [0.1, 0.15) is 316 Å². The molecule has 1 unspecified atom stereocenters. The molecule has 0 aromatic rings. The molecule has 0 N–H and O–H groups in total. The summed E-state index contributed by atoms with van der Waals surface area (Å²) < 4.78 is 16.9. The monoisotopic (exact) mass is 1120 g/mol. The number of esters is 3. The minimum absolute atomic E-state index is 0.0857. The van der Waals surface area contributed by atoms with Crippen molar-refractivity contribution in [3.8, 4) is 0 Å². The fourth-order valence-corrected chi connectivity index (χ4v) is 9.32. The van der Waals surface area contributed by atoms with Crippen LogP contribution in [0.3, 0.4) is 0 Å². The summed E-state index contributed by atoms with van der Waals surface area (Å²) in [6.45, 7) is 6.49. The normalized spacial score (nSPS) is 12.9. The first-order valence-corrected chi connectivity index (χ1v) is 34.0. The maximum absolute atomic E-state index is 12.9. The zero-order valence-corrected chi connectivity index (χ0v) is 53.0. The summed E-state index contributed by atoms with van der Waals surface area (Å²) in [5, 5.41) is 0. The van der Waals surface area contributed by atoms with E-state index in [2.05, 4.69) is 142 Å². The van der Waals surface area contributed by atoms with Crippen LogP contribution < -0.4 is 0 Å². The van der Waals surface area contributed by atoms with Gasteiger partial charge in [-0.05, 0) is 128 Å². The largest absolute Gasteiger partial charge is 0.462 e. The molecule has 0 aromatic carbocycles. The van der Waals surface area contributed by atoms with E-state index >= 15 is 0 Å². The van der Waals surface area contributed by atoms with E-state index in [1.807, 2.05) is 0 Å². The van der Waals surface area contributed by atoms with E-state index in [0.717, 1.165) is 122 Å². The predicted molar refractivity (Wildman–Crippen MR) is 353 cm³/mol. The highest BCUT2D eigenvalue weighted by atomic mass is 16.6. The third kappa shape index (κ3) is 66.5. The van der Waals surface area contributed by atoms with Crippen molar-refractivity contribution in [2.45, 2.75) is 322 Å². The fourth-order valence-electron chi connectivity index (χ4n) is 9.32. The summed E-state index contributed by atoms with van der Waals surface area (Å²) in [6, 6.07) is 0. The highest BCUT2D eigenvalue weighted by molar-refractivity contribution is 5.71. The van der Waals surface area contributed by atoms with Crippen LogP contribution in [0.4, 0.5) is 0 Å². The molecular formula is C75H126O6. The molecule has 6 nitrogen and oxygen atoms in total. The molecule has 0 spiro atoms. The molecule has 0 aliphatic carbocycles. The van der Waals surface area contributed by atoms with Gasteiger partial charge < -0.3 is 14.2 Å². The Balaban J connectivity index is 4.25. The van der Waals surface area contributed by atoms with Crippen LogP contribution in [0.15, 0.2) is 122 Å². The Kier molecular flexibility index (Phi) is 64.8. The quantitative estimate of drug-likeness (QED) is 0.0261. The number of rotatable bonds is 61. The first-order chi connectivity index (χ1) is 40.0. The van der Waals surface area contributed by atoms with Crippen molar-refractivity contribution in [2.24, 2.45) is 0 Å². The number of unbranched alkanes of at least 4 members (excludes halogenated alkanes) is 30. The average molecular weight is 1120 g/mol. The van der Waals surface area contributed by atoms with Crippen LogP contribution in [-0.4, -0.2) is 37.2 Å². The number of hydrogen-bond acceptors (Lipinski definition) is 6. The van der Waals surface area contributed by atoms with Crippen molar-refractivity contribution in [1.82, 2.24) is 0 Å². The standard InChI is InChI=1S/C75H126O6/c1-4-7-10-13-16-19-22-24-26-28-30-31-32-33-34-35-36-37-38-39-40-41-42-43-45-46-48-50-53-56-59-62-65-68-74(77)80-71-72(70-79-73(76)67-64-61-58-55-52-21-18-15-12-9-6-3)81-75(78)69-66-63-60-57-54-51-49-47-44-29-27-25-23-20-17-14-11-8-5-2/h7,10,15-16,18-19,24-27,30-31,33-34,36-37,39-40,42-43,72H,4-6,8-9,11-14,17,20-23,28-29,32,35,38,41,44-71H2,1-3H3/b10-7-,18-15-,19-16-,26-24-,27-25-,31-30-,34-33-,37-36-,40-39-,43-42-. The maximum atomic E-state index is 12.9. The second kappa shape index (κ2) is 68.3. The Morgan fingerprint density at radius 2 is 0.494 bits per heavy atom. The van der Waals surface area contributed by atoms with Gasteiger partial charge in [-0.15, -0.1) is 0 Å². The second-order valence-corrected chi connectivity index (χ2v) is 22.3. The molecule has 0 aliphatic rings. The summed E-state index contributed by atoms with van der Waals surface area (Å²) in [7, 11) is 0. The van der Waals surface area contributed by atoms with Crippen LogP contribution in [0.2, 0.25) is 0 Å². The van der Waals surface area contributed by atoms with E-state index in [1.165, 1.54) is 154 Å². The Bertz CT molecular complexity index is 1670. The molecule has 0 aromatic heterocycles. The van der Waals surface area contributed by atoms with Crippen LogP contribution in [0.5, 0.6) is 0 Å². The van der Waals surface area contributed by atoms with Gasteiger partial charge in [0, 0.05) is 19.3 Å². The number of allylic oxidation sites excluding steroid dienone is 20. The molecule has 0 saturated heterocycles. The molecule has 462 valence electrons. The third-order valence-electron chi connectivity index (χ3n) is 14.4. The van der Waals surface area contributed by atoms with E-state index in [9.17, 15) is 14.4 Å². The maximum Gasteiger partial charge on any atom is 0.306 e. The van der Waals surface area contributed by atoms with E-state index in [1.54, 1.807) is 0 Å². The highest BCUT2D eigenvalue weighted by Crippen LogP contribution is 2.16. The molecule has 0 radical (unpaired) electrons. The van der Waals surface area contributed by atoms with E-state index in [4.69, 9.17) is 14.2 Å². The van der Waals surface area contributed by atoms with Crippen molar-refractivity contribution in [1.29, 1.82) is 0 Å². The van der Waals surface area contributed by atoms with Gasteiger partial charge in [-0.25, -0.2) is 0 Å². The van der Waals surface area contributed by atoms with Crippen molar-refractivity contribution in [3.05, 3.63) is 122 Å². The SMILES string of the molecule is CC/C=C\C/C=C\C/C=C\C/C=C\C/C=C\C/C=C\C/C=C\C/C=C\CCCCCCCCCCC(=O)OCC(COC(=O)CCCCCCC/C=C\CCCC)OC(=O)CCCCCCCCCCC/C=C\CCCCCCCC. The first-order valence-electron chi connectivity index (χ1n) is 34.0. The van der Waals surface area contributed by atoms with Gasteiger partial charge in [0.15, 0.2) is 6.10 Å². The van der Waals surface area contributed by atoms with Crippen LogP contribution in [0.25, 0.3) is 0 Å². The number of ether oxygens (including phenoxy) is 3. The lowest BCUT2D eigenvalue weighted by molar-refractivity contribution is -0.167. The zero-order valence-electron chi connectivity index (χ0n) is 53.0. The number of hydrogen-bond donors (Lipinski definition) is 0. The van der Waals surface area contributed by atoms with Gasteiger partial charge in [-0.2, -0.15) is 0 Å². The summed E-state index contributed by atoms with van der Waals surface area (Å²) >= 11 is 0. The van der Waals surface area contributed by atoms with Gasteiger partial charge in [-0.3, -0.25) is 14.4 Å². The lowest BCUT2D eigenvalue weighted by Gasteiger charge is -2.18. The molecule has 0 heterocycles. The van der Waals surface area contributed by atoms with E-state index in [-0.39, 0.29) is 31.1 Å². The molecule has 0 saturated carbocycles. The van der Waals surface area contributed by atoms with Crippen molar-refractivity contribution in [3.63, 3.8) is 0 Å². The molecule has 0 amide bonds. The van der Waals surface area contributed by atoms with Gasteiger partial charge in [0.05, 0.1) is 0 Å². The zero-order chi connectivity index (χ0) is 58.5. The third-order valence-corrected chi connectivity index (χ3v) is 14.4. The number of carbonyl (C=O) groups excluding carboxylic acids is 3. The fraction of sp³-hybridized carbons (Fsp3) is 0.693. The van der Waals surface area contributed by atoms with Crippen molar-refractivity contribution in [2.75, 3.05) is 13.2 Å². The molecule has 1 atom stereocenters. The Morgan fingerprint density at radius 3 is 0.802 bits per heavy atom. The van der Waals surface area contributed by atoms with Crippen molar-refractivity contribution >= 4 is 17.9 Å². The first kappa shape index (κ1) is 76.8. The van der Waals surface area contributed by atoms with Crippen molar-refractivity contribution < 1.29 is 28.6 Å². The topological polar surface area (TPSA) is 78.9 Å². The molecule has 6 heteroatoms. The Morgan fingerprint density at radius 1 is 0.259 bits per heavy atom. The predicted octanol–water partition coefficient (Wildman–Crippen LogP) is 23.6. The lowest BCUT2D eigenvalue weighted by atomic mass is 10.1. The molecule has 0 aliphatic heterocycles. The molecule has 0 fully saturated rings.